The van der Waals surface area contributed by atoms with Gasteiger partial charge in [0.25, 0.3) is 5.91 Å². The Kier molecular flexibility index (Phi) is 7.34. The summed E-state index contributed by atoms with van der Waals surface area (Å²) in [5.41, 5.74) is 4.21. The monoisotopic (exact) mass is 493 g/mol. The molecule has 174 valence electrons. The normalized spacial score (nSPS) is 14.7. The Balaban J connectivity index is 1.49. The Bertz CT molecular complexity index is 1270. The summed E-state index contributed by atoms with van der Waals surface area (Å²) in [6.45, 7) is 6.75. The van der Waals surface area contributed by atoms with Gasteiger partial charge in [0.05, 0.1) is 10.6 Å². The number of para-hydroxylation sites is 1. The molecule has 1 amide bonds. The Morgan fingerprint density at radius 1 is 0.941 bits per heavy atom. The molecule has 1 aliphatic rings. The number of hydrogen-bond acceptors (Lipinski definition) is 5. The predicted molar refractivity (Wildman–Crippen MR) is 140 cm³/mol. The average Bonchev–Trinajstić information content (AvgIpc) is 3.05. The summed E-state index contributed by atoms with van der Waals surface area (Å²) in [5.74, 6) is 0.585. The highest BCUT2D eigenvalue weighted by Crippen LogP contribution is 2.38. The van der Waals surface area contributed by atoms with Crippen LogP contribution in [0, 0.1) is 26.6 Å². The molecule has 0 radical (unpaired) electrons. The summed E-state index contributed by atoms with van der Waals surface area (Å²) >= 11 is 6.52. The van der Waals surface area contributed by atoms with Crippen molar-refractivity contribution in [3.63, 3.8) is 0 Å². The van der Waals surface area contributed by atoms with Crippen LogP contribution >= 0.6 is 24.0 Å². The van der Waals surface area contributed by atoms with Crippen LogP contribution in [0.15, 0.2) is 65.6 Å². The summed E-state index contributed by atoms with van der Waals surface area (Å²) in [4.78, 5) is 14.7. The molecule has 4 nitrogen and oxygen atoms in total. The number of carbonyl (C=O) groups excluding carboxylic acids is 1. The number of rotatable bonds is 7. The number of amides is 1. The zero-order valence-corrected chi connectivity index (χ0v) is 20.8. The fourth-order valence-electron chi connectivity index (χ4n) is 3.69. The highest BCUT2D eigenvalue weighted by molar-refractivity contribution is 8.27. The minimum absolute atomic E-state index is 0.151. The van der Waals surface area contributed by atoms with Gasteiger partial charge in [0.2, 0.25) is 0 Å². The Morgan fingerprint density at radius 3 is 2.38 bits per heavy atom. The Labute approximate surface area is 208 Å². The summed E-state index contributed by atoms with van der Waals surface area (Å²) in [6.07, 6.45) is 1.74. The van der Waals surface area contributed by atoms with Gasteiger partial charge >= 0.3 is 0 Å². The van der Waals surface area contributed by atoms with Crippen molar-refractivity contribution < 1.29 is 18.7 Å². The molecule has 1 heterocycles. The molecule has 0 atom stereocenters. The van der Waals surface area contributed by atoms with E-state index in [0.717, 1.165) is 39.8 Å². The van der Waals surface area contributed by atoms with Gasteiger partial charge in [-0.25, -0.2) is 4.39 Å². The molecular formula is C27H24FNO3S2. The fraction of sp³-hybridized carbons (Fsp3) is 0.185. The van der Waals surface area contributed by atoms with E-state index in [1.807, 2.05) is 51.1 Å². The first-order valence-corrected chi connectivity index (χ1v) is 12.0. The number of ether oxygens (including phenoxy) is 2. The van der Waals surface area contributed by atoms with Gasteiger partial charge in [-0.2, -0.15) is 0 Å². The number of thioether (sulfide) groups is 1. The van der Waals surface area contributed by atoms with Crippen LogP contribution in [0.25, 0.3) is 6.08 Å². The van der Waals surface area contributed by atoms with Crippen LogP contribution in [-0.2, 0) is 4.79 Å². The third-order valence-electron chi connectivity index (χ3n) is 5.14. The average molecular weight is 494 g/mol. The number of anilines is 1. The van der Waals surface area contributed by atoms with Gasteiger partial charge in [0.1, 0.15) is 30.5 Å². The molecule has 0 aliphatic carbocycles. The summed E-state index contributed by atoms with van der Waals surface area (Å²) in [7, 11) is 0. The van der Waals surface area contributed by atoms with Gasteiger partial charge in [0, 0.05) is 5.56 Å². The van der Waals surface area contributed by atoms with Crippen LogP contribution in [-0.4, -0.2) is 23.4 Å². The van der Waals surface area contributed by atoms with Crippen molar-refractivity contribution in [2.24, 2.45) is 0 Å². The number of thiocarbonyl (C=S) groups is 1. The Morgan fingerprint density at radius 2 is 1.65 bits per heavy atom. The molecule has 0 saturated carbocycles. The predicted octanol–water partition coefficient (Wildman–Crippen LogP) is 6.61. The lowest BCUT2D eigenvalue weighted by atomic mass is 10.1. The molecule has 3 aromatic rings. The number of aryl methyl sites for hydroxylation is 3. The quantitative estimate of drug-likeness (QED) is 0.210. The first-order valence-electron chi connectivity index (χ1n) is 10.8. The first-order chi connectivity index (χ1) is 16.3. The summed E-state index contributed by atoms with van der Waals surface area (Å²) in [5, 5.41) is 0. The number of hydrogen-bond donors (Lipinski definition) is 0. The van der Waals surface area contributed by atoms with Crippen molar-refractivity contribution >= 4 is 46.0 Å². The van der Waals surface area contributed by atoms with Gasteiger partial charge in [-0.05, 0) is 74.4 Å². The third-order valence-corrected chi connectivity index (χ3v) is 6.45. The topological polar surface area (TPSA) is 38.8 Å². The second-order valence-corrected chi connectivity index (χ2v) is 9.71. The van der Waals surface area contributed by atoms with E-state index in [2.05, 4.69) is 6.07 Å². The minimum atomic E-state index is -0.497. The molecule has 0 bridgehead atoms. The molecule has 7 heteroatoms. The lowest BCUT2D eigenvalue weighted by molar-refractivity contribution is -0.113. The maximum absolute atomic E-state index is 14.3. The van der Waals surface area contributed by atoms with Crippen molar-refractivity contribution in [3.8, 4) is 11.5 Å². The van der Waals surface area contributed by atoms with Crippen LogP contribution < -0.4 is 14.4 Å². The van der Waals surface area contributed by atoms with E-state index in [1.54, 1.807) is 24.3 Å². The van der Waals surface area contributed by atoms with Gasteiger partial charge in [-0.3, -0.25) is 9.69 Å². The molecule has 1 saturated heterocycles. The SMILES string of the molecule is Cc1cc(C)cc(OCCOc2ccc(C)cc2/C=C2\SC(=S)N(c3ccccc3F)C2=O)c1. The standard InChI is InChI=1S/C27H24FNO3S2/c1-17-8-9-24(32-11-10-31-21-14-18(2)12-19(3)15-21)20(13-17)16-25-26(30)29(27(33)34-25)23-7-5-4-6-22(23)28/h4-9,12-16H,10-11H2,1-3H3/b25-16-. The number of benzene rings is 3. The highest BCUT2D eigenvalue weighted by Gasteiger charge is 2.34. The van der Waals surface area contributed by atoms with E-state index in [0.29, 0.717) is 28.2 Å². The number of halogens is 1. The largest absolute Gasteiger partial charge is 0.490 e. The molecule has 3 aromatic carbocycles. The molecule has 0 unspecified atom stereocenters. The minimum Gasteiger partial charge on any atom is -0.490 e. The van der Waals surface area contributed by atoms with E-state index >= 15 is 0 Å². The fourth-order valence-corrected chi connectivity index (χ4v) is 4.96. The number of carbonyl (C=O) groups is 1. The van der Waals surface area contributed by atoms with E-state index < -0.39 is 5.82 Å². The van der Waals surface area contributed by atoms with Gasteiger partial charge < -0.3 is 9.47 Å². The maximum atomic E-state index is 14.3. The Hall–Kier alpha value is -3.16. The van der Waals surface area contributed by atoms with Gasteiger partial charge in [-0.15, -0.1) is 0 Å². The van der Waals surface area contributed by atoms with Gasteiger partial charge in [-0.1, -0.05) is 53.8 Å². The van der Waals surface area contributed by atoms with E-state index in [1.165, 1.54) is 11.0 Å². The lowest BCUT2D eigenvalue weighted by Gasteiger charge is -2.15. The van der Waals surface area contributed by atoms with Gasteiger partial charge in [0.15, 0.2) is 4.32 Å². The smallest absolute Gasteiger partial charge is 0.270 e. The van der Waals surface area contributed by atoms with E-state index in [4.69, 9.17) is 21.7 Å². The lowest BCUT2D eigenvalue weighted by Crippen LogP contribution is -2.28. The number of nitrogens with zero attached hydrogens (tertiary/aromatic N) is 1. The zero-order chi connectivity index (χ0) is 24.2. The van der Waals surface area contributed by atoms with Crippen molar-refractivity contribution in [1.82, 2.24) is 0 Å². The zero-order valence-electron chi connectivity index (χ0n) is 19.1. The molecule has 1 fully saturated rings. The van der Waals surface area contributed by atoms with Crippen LogP contribution in [0.3, 0.4) is 0 Å². The molecule has 0 spiro atoms. The molecule has 0 aromatic heterocycles. The van der Waals surface area contributed by atoms with Crippen molar-refractivity contribution in [1.29, 1.82) is 0 Å². The van der Waals surface area contributed by atoms with Crippen LogP contribution in [0.2, 0.25) is 0 Å². The molecule has 0 N–H and O–H groups in total. The van der Waals surface area contributed by atoms with Crippen molar-refractivity contribution in [2.45, 2.75) is 20.8 Å². The summed E-state index contributed by atoms with van der Waals surface area (Å²) in [6, 6.07) is 17.9. The highest BCUT2D eigenvalue weighted by atomic mass is 32.2. The van der Waals surface area contributed by atoms with Crippen LogP contribution in [0.5, 0.6) is 11.5 Å². The maximum Gasteiger partial charge on any atom is 0.270 e. The van der Waals surface area contributed by atoms with E-state index in [-0.39, 0.29) is 11.6 Å². The van der Waals surface area contributed by atoms with Crippen LogP contribution in [0.4, 0.5) is 10.1 Å². The molecule has 34 heavy (non-hydrogen) atoms. The second kappa shape index (κ2) is 10.4. The molecule has 4 rings (SSSR count). The first kappa shape index (κ1) is 24.0. The molecule has 1 aliphatic heterocycles. The van der Waals surface area contributed by atoms with Crippen molar-refractivity contribution in [2.75, 3.05) is 18.1 Å². The third kappa shape index (κ3) is 5.48. The second-order valence-electron chi connectivity index (χ2n) is 8.03. The summed E-state index contributed by atoms with van der Waals surface area (Å²) < 4.78 is 26.4. The van der Waals surface area contributed by atoms with Crippen LogP contribution in [0.1, 0.15) is 22.3 Å². The van der Waals surface area contributed by atoms with Crippen molar-refractivity contribution in [3.05, 3.63) is 93.6 Å². The van der Waals surface area contributed by atoms with E-state index in [9.17, 15) is 9.18 Å². The molecular weight excluding hydrogens is 469 g/mol.